The average Bonchev–Trinajstić information content (AvgIpc) is 2.52. The lowest BCUT2D eigenvalue weighted by atomic mass is 10.1. The first-order valence-corrected chi connectivity index (χ1v) is 7.68. The minimum absolute atomic E-state index is 0.0722. The van der Waals surface area contributed by atoms with Crippen molar-refractivity contribution in [1.29, 1.82) is 0 Å². The first kappa shape index (κ1) is 15.8. The van der Waals surface area contributed by atoms with Gasteiger partial charge >= 0.3 is 0 Å². The van der Waals surface area contributed by atoms with E-state index in [0.29, 0.717) is 6.42 Å². The van der Waals surface area contributed by atoms with Crippen molar-refractivity contribution in [1.82, 2.24) is 5.43 Å². The van der Waals surface area contributed by atoms with E-state index in [-0.39, 0.29) is 17.6 Å². The molecule has 3 nitrogen and oxygen atoms in total. The molecule has 0 saturated heterocycles. The predicted molar refractivity (Wildman–Crippen MR) is 84.9 cm³/mol. The molecule has 0 fully saturated rings. The van der Waals surface area contributed by atoms with Crippen LogP contribution < -0.4 is 16.0 Å². The summed E-state index contributed by atoms with van der Waals surface area (Å²) in [7, 11) is 1.46. The number of hydrazine groups is 1. The van der Waals surface area contributed by atoms with Crippen LogP contribution in [0.1, 0.15) is 5.56 Å². The second-order valence-corrected chi connectivity index (χ2v) is 5.75. The summed E-state index contributed by atoms with van der Waals surface area (Å²) in [6.45, 7) is 0. The number of hydrogen-bond donors (Lipinski definition) is 2. The minimum Gasteiger partial charge on any atom is -0.494 e. The van der Waals surface area contributed by atoms with Crippen molar-refractivity contribution in [3.05, 3.63) is 59.9 Å². The third kappa shape index (κ3) is 4.74. The number of benzene rings is 2. The number of methoxy groups -OCH3 is 1. The smallest absolute Gasteiger partial charge is 0.165 e. The summed E-state index contributed by atoms with van der Waals surface area (Å²) in [6.07, 6.45) is 0.664. The van der Waals surface area contributed by atoms with Crippen LogP contribution >= 0.6 is 11.8 Å². The van der Waals surface area contributed by atoms with E-state index in [1.165, 1.54) is 18.1 Å². The number of halogens is 1. The van der Waals surface area contributed by atoms with Crippen molar-refractivity contribution in [3.63, 3.8) is 0 Å². The van der Waals surface area contributed by atoms with Crippen molar-refractivity contribution in [3.8, 4) is 5.75 Å². The molecule has 2 rings (SSSR count). The highest BCUT2D eigenvalue weighted by molar-refractivity contribution is 7.99. The molecule has 2 aromatic carbocycles. The first-order valence-electron chi connectivity index (χ1n) is 6.69. The third-order valence-corrected chi connectivity index (χ3v) is 4.30. The van der Waals surface area contributed by atoms with Gasteiger partial charge in [0.05, 0.1) is 7.11 Å². The van der Waals surface area contributed by atoms with E-state index >= 15 is 0 Å². The Morgan fingerprint density at radius 1 is 1.24 bits per heavy atom. The van der Waals surface area contributed by atoms with Crippen molar-refractivity contribution >= 4 is 11.8 Å². The average molecular weight is 306 g/mol. The van der Waals surface area contributed by atoms with Crippen LogP contribution in [0.5, 0.6) is 5.75 Å². The van der Waals surface area contributed by atoms with Crippen molar-refractivity contribution < 1.29 is 9.13 Å². The van der Waals surface area contributed by atoms with Gasteiger partial charge < -0.3 is 4.74 Å². The molecule has 0 aliphatic heterocycles. The highest BCUT2D eigenvalue weighted by Crippen LogP contribution is 2.21. The van der Waals surface area contributed by atoms with Crippen LogP contribution in [-0.4, -0.2) is 18.9 Å². The molecule has 1 unspecified atom stereocenters. The lowest BCUT2D eigenvalue weighted by Gasteiger charge is -2.16. The Morgan fingerprint density at radius 3 is 2.62 bits per heavy atom. The number of nitrogens with one attached hydrogen (secondary N) is 1. The van der Waals surface area contributed by atoms with Crippen LogP contribution in [0, 0.1) is 5.82 Å². The first-order chi connectivity index (χ1) is 10.2. The molecule has 0 spiro atoms. The van der Waals surface area contributed by atoms with Gasteiger partial charge in [-0.15, -0.1) is 11.8 Å². The van der Waals surface area contributed by atoms with Gasteiger partial charge in [0.1, 0.15) is 0 Å². The standard InChI is InChI=1S/C16H19FN2OS/c1-20-16-8-7-12(10-15(16)17)9-13(19-18)11-21-14-5-3-2-4-6-14/h2-8,10,13,19H,9,11,18H2,1H3. The number of hydrogen-bond acceptors (Lipinski definition) is 4. The van der Waals surface area contributed by atoms with E-state index in [9.17, 15) is 4.39 Å². The summed E-state index contributed by atoms with van der Waals surface area (Å²) in [6, 6.07) is 15.2. The Morgan fingerprint density at radius 2 is 2.00 bits per heavy atom. The molecule has 21 heavy (non-hydrogen) atoms. The molecular weight excluding hydrogens is 287 g/mol. The maximum atomic E-state index is 13.7. The fourth-order valence-corrected chi connectivity index (χ4v) is 2.96. The number of thioether (sulfide) groups is 1. The molecule has 0 radical (unpaired) electrons. The Bertz CT molecular complexity index is 565. The third-order valence-electron chi connectivity index (χ3n) is 3.13. The normalized spacial score (nSPS) is 12.1. The fourth-order valence-electron chi connectivity index (χ4n) is 2.00. The van der Waals surface area contributed by atoms with Gasteiger partial charge in [-0.2, -0.15) is 0 Å². The van der Waals surface area contributed by atoms with Crippen LogP contribution in [0.4, 0.5) is 4.39 Å². The maximum Gasteiger partial charge on any atom is 0.165 e. The van der Waals surface area contributed by atoms with Crippen molar-refractivity contribution in [2.75, 3.05) is 12.9 Å². The number of rotatable bonds is 7. The SMILES string of the molecule is COc1ccc(CC(CSc2ccccc2)NN)cc1F. The Kier molecular flexibility index (Phi) is 6.04. The number of nitrogens with two attached hydrogens (primary N) is 1. The highest BCUT2D eigenvalue weighted by atomic mass is 32.2. The van der Waals surface area contributed by atoms with Gasteiger partial charge in [0.15, 0.2) is 11.6 Å². The zero-order valence-corrected chi connectivity index (χ0v) is 12.7. The molecule has 0 heterocycles. The molecule has 0 amide bonds. The Hall–Kier alpha value is -1.56. The molecule has 1 atom stereocenters. The second kappa shape index (κ2) is 8.02. The van der Waals surface area contributed by atoms with Gasteiger partial charge in [0.2, 0.25) is 0 Å². The highest BCUT2D eigenvalue weighted by Gasteiger charge is 2.11. The van der Waals surface area contributed by atoms with Gasteiger partial charge in [0.25, 0.3) is 0 Å². The van der Waals surface area contributed by atoms with Crippen LogP contribution in [0.25, 0.3) is 0 Å². The summed E-state index contributed by atoms with van der Waals surface area (Å²) in [5.74, 6) is 6.32. The van der Waals surface area contributed by atoms with E-state index in [0.717, 1.165) is 11.3 Å². The molecular formula is C16H19FN2OS. The van der Waals surface area contributed by atoms with E-state index in [1.807, 2.05) is 24.3 Å². The monoisotopic (exact) mass is 306 g/mol. The van der Waals surface area contributed by atoms with Crippen LogP contribution in [0.3, 0.4) is 0 Å². The second-order valence-electron chi connectivity index (χ2n) is 4.66. The van der Waals surface area contributed by atoms with Gasteiger partial charge in [0, 0.05) is 16.7 Å². The number of ether oxygens (including phenoxy) is 1. The molecule has 112 valence electrons. The lowest BCUT2D eigenvalue weighted by Crippen LogP contribution is -2.38. The molecule has 0 bridgehead atoms. The quantitative estimate of drug-likeness (QED) is 0.469. The van der Waals surface area contributed by atoms with Crippen LogP contribution in [0.15, 0.2) is 53.4 Å². The van der Waals surface area contributed by atoms with E-state index in [1.54, 1.807) is 17.8 Å². The lowest BCUT2D eigenvalue weighted by molar-refractivity contribution is 0.386. The predicted octanol–water partition coefficient (Wildman–Crippen LogP) is 3.00. The van der Waals surface area contributed by atoms with Gasteiger partial charge in [-0.05, 0) is 36.2 Å². The van der Waals surface area contributed by atoms with E-state index in [2.05, 4.69) is 17.6 Å². The minimum atomic E-state index is -0.346. The topological polar surface area (TPSA) is 47.3 Å². The summed E-state index contributed by atoms with van der Waals surface area (Å²) in [5.41, 5.74) is 3.69. The molecule has 2 aromatic rings. The summed E-state index contributed by atoms with van der Waals surface area (Å²) in [5, 5.41) is 0. The Labute approximate surface area is 128 Å². The van der Waals surface area contributed by atoms with Gasteiger partial charge in [-0.25, -0.2) is 4.39 Å². The molecule has 5 heteroatoms. The molecule has 0 aromatic heterocycles. The van der Waals surface area contributed by atoms with Crippen molar-refractivity contribution in [2.24, 2.45) is 5.84 Å². The van der Waals surface area contributed by atoms with Gasteiger partial charge in [-0.3, -0.25) is 11.3 Å². The van der Waals surface area contributed by atoms with E-state index in [4.69, 9.17) is 10.6 Å². The van der Waals surface area contributed by atoms with E-state index < -0.39 is 0 Å². The zero-order chi connectivity index (χ0) is 15.1. The summed E-state index contributed by atoms with van der Waals surface area (Å²) in [4.78, 5) is 1.19. The molecule has 0 aliphatic rings. The van der Waals surface area contributed by atoms with Crippen LogP contribution in [0.2, 0.25) is 0 Å². The van der Waals surface area contributed by atoms with Crippen LogP contribution in [-0.2, 0) is 6.42 Å². The van der Waals surface area contributed by atoms with Gasteiger partial charge in [-0.1, -0.05) is 24.3 Å². The zero-order valence-electron chi connectivity index (χ0n) is 11.9. The Balaban J connectivity index is 1.94. The maximum absolute atomic E-state index is 13.7. The summed E-state index contributed by atoms with van der Waals surface area (Å²) < 4.78 is 18.6. The summed E-state index contributed by atoms with van der Waals surface area (Å²) >= 11 is 1.72. The largest absolute Gasteiger partial charge is 0.494 e. The molecule has 0 saturated carbocycles. The van der Waals surface area contributed by atoms with Crippen molar-refractivity contribution in [2.45, 2.75) is 17.4 Å². The molecule has 3 N–H and O–H groups in total. The fraction of sp³-hybridized carbons (Fsp3) is 0.250. The molecule has 0 aliphatic carbocycles.